The molecule has 0 aromatic carbocycles. The molecule has 1 aromatic rings. The SMILES string of the molecule is NC(=O)C[C@@H](NC(=O)c1ccoc1)C(=O)O. The van der Waals surface area contributed by atoms with Crippen molar-refractivity contribution in [2.45, 2.75) is 12.5 Å². The van der Waals surface area contributed by atoms with Crippen LogP contribution in [-0.4, -0.2) is 28.9 Å². The summed E-state index contributed by atoms with van der Waals surface area (Å²) in [5.74, 6) is -2.77. The van der Waals surface area contributed by atoms with Gasteiger partial charge in [0.25, 0.3) is 5.91 Å². The van der Waals surface area contributed by atoms with Gasteiger partial charge in [0.05, 0.1) is 18.2 Å². The van der Waals surface area contributed by atoms with Gasteiger partial charge in [0, 0.05) is 0 Å². The second-order valence-corrected chi connectivity index (χ2v) is 3.05. The molecule has 0 aliphatic rings. The Bertz CT molecular complexity index is 398. The molecule has 0 fully saturated rings. The lowest BCUT2D eigenvalue weighted by molar-refractivity contribution is -0.140. The molecular weight excluding hydrogens is 216 g/mol. The van der Waals surface area contributed by atoms with Gasteiger partial charge in [-0.05, 0) is 6.07 Å². The van der Waals surface area contributed by atoms with Crippen LogP contribution in [0.3, 0.4) is 0 Å². The highest BCUT2D eigenvalue weighted by molar-refractivity contribution is 5.97. The van der Waals surface area contributed by atoms with Gasteiger partial charge >= 0.3 is 5.97 Å². The van der Waals surface area contributed by atoms with Gasteiger partial charge in [-0.2, -0.15) is 0 Å². The number of nitrogens with one attached hydrogen (secondary N) is 1. The summed E-state index contributed by atoms with van der Waals surface area (Å²) in [4.78, 5) is 32.7. The third-order valence-corrected chi connectivity index (χ3v) is 1.79. The maximum atomic E-state index is 11.4. The highest BCUT2D eigenvalue weighted by Crippen LogP contribution is 2.01. The zero-order valence-electron chi connectivity index (χ0n) is 8.17. The van der Waals surface area contributed by atoms with Gasteiger partial charge in [0.1, 0.15) is 12.3 Å². The molecule has 7 nitrogen and oxygen atoms in total. The maximum Gasteiger partial charge on any atom is 0.326 e. The van der Waals surface area contributed by atoms with E-state index < -0.39 is 30.2 Å². The zero-order chi connectivity index (χ0) is 12.1. The number of furan rings is 1. The molecule has 2 amide bonds. The number of carboxylic acid groups (broad SMARTS) is 1. The summed E-state index contributed by atoms with van der Waals surface area (Å²) in [6.07, 6.45) is 1.98. The summed E-state index contributed by atoms with van der Waals surface area (Å²) in [6.45, 7) is 0. The summed E-state index contributed by atoms with van der Waals surface area (Å²) >= 11 is 0. The number of carbonyl (C=O) groups excluding carboxylic acids is 2. The van der Waals surface area contributed by atoms with E-state index >= 15 is 0 Å². The second-order valence-electron chi connectivity index (χ2n) is 3.05. The Morgan fingerprint density at radius 1 is 1.50 bits per heavy atom. The third kappa shape index (κ3) is 3.12. The molecule has 1 rings (SSSR count). The van der Waals surface area contributed by atoms with Crippen molar-refractivity contribution in [3.8, 4) is 0 Å². The minimum atomic E-state index is -1.33. The van der Waals surface area contributed by atoms with E-state index in [9.17, 15) is 14.4 Å². The number of rotatable bonds is 5. The van der Waals surface area contributed by atoms with Gasteiger partial charge in [-0.1, -0.05) is 0 Å². The molecule has 7 heteroatoms. The monoisotopic (exact) mass is 226 g/mol. The van der Waals surface area contributed by atoms with Crippen molar-refractivity contribution < 1.29 is 23.9 Å². The molecule has 0 aliphatic carbocycles. The van der Waals surface area contributed by atoms with Crippen LogP contribution < -0.4 is 11.1 Å². The van der Waals surface area contributed by atoms with Crippen LogP contribution in [0.25, 0.3) is 0 Å². The molecule has 0 unspecified atom stereocenters. The summed E-state index contributed by atoms with van der Waals surface area (Å²) in [6, 6.07) is 0.0401. The molecule has 4 N–H and O–H groups in total. The van der Waals surface area contributed by atoms with Crippen molar-refractivity contribution in [1.82, 2.24) is 5.32 Å². The van der Waals surface area contributed by atoms with Gasteiger partial charge in [-0.25, -0.2) is 4.79 Å². The molecular formula is C9H10N2O5. The largest absolute Gasteiger partial charge is 0.480 e. The van der Waals surface area contributed by atoms with E-state index in [1.807, 2.05) is 0 Å². The summed E-state index contributed by atoms with van der Waals surface area (Å²) in [5.41, 5.74) is 5.03. The van der Waals surface area contributed by atoms with E-state index in [1.54, 1.807) is 0 Å². The van der Waals surface area contributed by atoms with E-state index in [2.05, 4.69) is 9.73 Å². The van der Waals surface area contributed by atoms with E-state index in [0.29, 0.717) is 0 Å². The highest BCUT2D eigenvalue weighted by atomic mass is 16.4. The van der Waals surface area contributed by atoms with Crippen molar-refractivity contribution in [2.24, 2.45) is 5.73 Å². The Balaban J connectivity index is 2.65. The Morgan fingerprint density at radius 2 is 2.19 bits per heavy atom. The first-order valence-corrected chi connectivity index (χ1v) is 4.35. The predicted molar refractivity (Wildman–Crippen MR) is 51.4 cm³/mol. The topological polar surface area (TPSA) is 123 Å². The fourth-order valence-electron chi connectivity index (χ4n) is 1.04. The quantitative estimate of drug-likeness (QED) is 0.614. The molecule has 1 atom stereocenters. The normalized spacial score (nSPS) is 11.8. The molecule has 86 valence electrons. The van der Waals surface area contributed by atoms with Crippen molar-refractivity contribution in [1.29, 1.82) is 0 Å². The number of nitrogens with two attached hydrogens (primary N) is 1. The second kappa shape index (κ2) is 4.96. The lowest BCUT2D eigenvalue weighted by Gasteiger charge is -2.11. The van der Waals surface area contributed by atoms with E-state index in [4.69, 9.17) is 10.8 Å². The molecule has 16 heavy (non-hydrogen) atoms. The molecule has 0 bridgehead atoms. The smallest absolute Gasteiger partial charge is 0.326 e. The van der Waals surface area contributed by atoms with Crippen molar-refractivity contribution in [3.63, 3.8) is 0 Å². The number of aliphatic carboxylic acids is 1. The van der Waals surface area contributed by atoms with Crippen LogP contribution in [0, 0.1) is 0 Å². The van der Waals surface area contributed by atoms with Gasteiger partial charge in [0.15, 0.2) is 0 Å². The molecule has 0 aliphatic heterocycles. The fraction of sp³-hybridized carbons (Fsp3) is 0.222. The average molecular weight is 226 g/mol. The molecule has 0 saturated carbocycles. The molecule has 0 radical (unpaired) electrons. The number of carboxylic acids is 1. The fourth-order valence-corrected chi connectivity index (χ4v) is 1.04. The Kier molecular flexibility index (Phi) is 3.65. The lowest BCUT2D eigenvalue weighted by Crippen LogP contribution is -2.43. The Hall–Kier alpha value is -2.31. The average Bonchev–Trinajstić information content (AvgIpc) is 2.68. The highest BCUT2D eigenvalue weighted by Gasteiger charge is 2.22. The summed E-state index contributed by atoms with van der Waals surface area (Å²) in [7, 11) is 0. The van der Waals surface area contributed by atoms with Gasteiger partial charge in [0.2, 0.25) is 5.91 Å². The molecule has 1 heterocycles. The van der Waals surface area contributed by atoms with E-state index in [-0.39, 0.29) is 5.56 Å². The van der Waals surface area contributed by atoms with Crippen LogP contribution in [0.5, 0.6) is 0 Å². The number of carbonyl (C=O) groups is 3. The molecule has 0 saturated heterocycles. The lowest BCUT2D eigenvalue weighted by atomic mass is 10.2. The molecule has 1 aromatic heterocycles. The number of amides is 2. The number of hydrogen-bond donors (Lipinski definition) is 3. The summed E-state index contributed by atoms with van der Waals surface area (Å²) < 4.78 is 4.66. The first kappa shape index (κ1) is 11.8. The predicted octanol–water partition coefficient (Wildman–Crippen LogP) is -0.662. The van der Waals surface area contributed by atoms with Crippen LogP contribution in [0.15, 0.2) is 23.0 Å². The van der Waals surface area contributed by atoms with E-state index in [0.717, 1.165) is 0 Å². The van der Waals surface area contributed by atoms with Crippen LogP contribution in [0.2, 0.25) is 0 Å². The van der Waals surface area contributed by atoms with Crippen LogP contribution in [0.4, 0.5) is 0 Å². The van der Waals surface area contributed by atoms with Gasteiger partial charge in [-0.3, -0.25) is 9.59 Å². The Labute approximate surface area is 90.2 Å². The zero-order valence-corrected chi connectivity index (χ0v) is 8.17. The van der Waals surface area contributed by atoms with Crippen molar-refractivity contribution in [3.05, 3.63) is 24.2 Å². The van der Waals surface area contributed by atoms with Crippen molar-refractivity contribution in [2.75, 3.05) is 0 Å². The van der Waals surface area contributed by atoms with Crippen LogP contribution >= 0.6 is 0 Å². The van der Waals surface area contributed by atoms with Crippen molar-refractivity contribution >= 4 is 17.8 Å². The Morgan fingerprint density at radius 3 is 2.62 bits per heavy atom. The maximum absolute atomic E-state index is 11.4. The van der Waals surface area contributed by atoms with E-state index in [1.165, 1.54) is 18.6 Å². The third-order valence-electron chi connectivity index (χ3n) is 1.79. The van der Waals surface area contributed by atoms with Crippen LogP contribution in [-0.2, 0) is 9.59 Å². The first-order valence-electron chi connectivity index (χ1n) is 4.35. The van der Waals surface area contributed by atoms with Gasteiger partial charge < -0.3 is 20.6 Å². The number of primary amides is 1. The van der Waals surface area contributed by atoms with Crippen LogP contribution in [0.1, 0.15) is 16.8 Å². The standard InChI is InChI=1S/C9H10N2O5/c10-7(12)3-6(9(14)15)11-8(13)5-1-2-16-4-5/h1-2,4,6H,3H2,(H2,10,12)(H,11,13)(H,14,15)/t6-/m1/s1. The number of hydrogen-bond acceptors (Lipinski definition) is 4. The van der Waals surface area contributed by atoms with Gasteiger partial charge in [-0.15, -0.1) is 0 Å². The first-order chi connectivity index (χ1) is 7.50. The minimum Gasteiger partial charge on any atom is -0.480 e. The summed E-state index contributed by atoms with van der Waals surface area (Å²) in [5, 5.41) is 10.9. The molecule has 0 spiro atoms. The minimum absolute atomic E-state index is 0.177.